The van der Waals surface area contributed by atoms with Gasteiger partial charge in [0.1, 0.15) is 0 Å². The number of H-pyrrole nitrogens is 1. The maximum absolute atomic E-state index is 11.6. The Morgan fingerprint density at radius 2 is 2.00 bits per heavy atom. The summed E-state index contributed by atoms with van der Waals surface area (Å²) in [6, 6.07) is 8.39. The minimum absolute atomic E-state index is 0.0236. The third-order valence-corrected chi connectivity index (χ3v) is 2.83. The number of imidazole rings is 1. The third-order valence-electron chi connectivity index (χ3n) is 2.83. The Morgan fingerprint density at radius 1 is 1.28 bits per heavy atom. The van der Waals surface area contributed by atoms with Crippen LogP contribution in [0, 0.1) is 0 Å². The first-order valence-electron chi connectivity index (χ1n) is 6.15. The molecular weight excluding hydrogens is 226 g/mol. The molecule has 0 spiro atoms. The number of nitrogens with zero attached hydrogens (tertiary/aromatic N) is 1. The maximum Gasteiger partial charge on any atom is 0.227 e. The minimum atomic E-state index is -0.0236. The molecule has 18 heavy (non-hydrogen) atoms. The van der Waals surface area contributed by atoms with Crippen molar-refractivity contribution in [1.82, 2.24) is 9.97 Å². The Morgan fingerprint density at radius 3 is 2.61 bits per heavy atom. The molecule has 0 unspecified atom stereocenters. The quantitative estimate of drug-likeness (QED) is 0.847. The molecule has 0 saturated heterocycles. The van der Waals surface area contributed by atoms with Crippen LogP contribution in [0.3, 0.4) is 0 Å². The molecule has 0 fully saturated rings. The van der Waals surface area contributed by atoms with Crippen LogP contribution < -0.4 is 5.32 Å². The number of nitrogens with one attached hydrogen (secondary N) is 2. The van der Waals surface area contributed by atoms with E-state index in [0.29, 0.717) is 12.4 Å². The van der Waals surface area contributed by atoms with Gasteiger partial charge in [0.25, 0.3) is 0 Å². The molecule has 4 heteroatoms. The van der Waals surface area contributed by atoms with Crippen LogP contribution in [0.15, 0.2) is 36.7 Å². The summed E-state index contributed by atoms with van der Waals surface area (Å²) in [7, 11) is 0. The third kappa shape index (κ3) is 3.45. The van der Waals surface area contributed by atoms with E-state index in [1.54, 1.807) is 12.4 Å². The number of aromatic amines is 1. The summed E-state index contributed by atoms with van der Waals surface area (Å²) in [5, 5.41) is 2.71. The molecule has 1 heterocycles. The second kappa shape index (κ2) is 6.00. The number of amides is 1. The summed E-state index contributed by atoms with van der Waals surface area (Å²) in [4.78, 5) is 18.4. The van der Waals surface area contributed by atoms with Gasteiger partial charge in [0, 0.05) is 18.8 Å². The summed E-state index contributed by atoms with van der Waals surface area (Å²) in [6.45, 7) is 2.13. The summed E-state index contributed by atoms with van der Waals surface area (Å²) in [5.74, 6) is 0.478. The normalized spacial score (nSPS) is 10.3. The molecule has 0 aliphatic rings. The fourth-order valence-corrected chi connectivity index (χ4v) is 1.73. The van der Waals surface area contributed by atoms with E-state index in [2.05, 4.69) is 46.5 Å². The SMILES string of the molecule is CCc1ccc(CCC(=O)Nc2ncc[nH]2)cc1. The predicted molar refractivity (Wildman–Crippen MR) is 71.4 cm³/mol. The fourth-order valence-electron chi connectivity index (χ4n) is 1.73. The Balaban J connectivity index is 1.81. The number of carbonyl (C=O) groups excluding carboxylic acids is 1. The molecule has 2 rings (SSSR count). The van der Waals surface area contributed by atoms with Gasteiger partial charge in [-0.05, 0) is 24.0 Å². The number of hydrogen-bond donors (Lipinski definition) is 2. The van der Waals surface area contributed by atoms with Gasteiger partial charge in [-0.1, -0.05) is 31.2 Å². The highest BCUT2D eigenvalue weighted by Crippen LogP contribution is 2.08. The number of hydrogen-bond acceptors (Lipinski definition) is 2. The molecule has 0 atom stereocenters. The van der Waals surface area contributed by atoms with E-state index in [1.807, 2.05) is 0 Å². The van der Waals surface area contributed by atoms with Crippen molar-refractivity contribution in [3.63, 3.8) is 0 Å². The Hall–Kier alpha value is -2.10. The number of carbonyl (C=O) groups is 1. The van der Waals surface area contributed by atoms with Crippen molar-refractivity contribution in [2.45, 2.75) is 26.2 Å². The van der Waals surface area contributed by atoms with Gasteiger partial charge in [-0.15, -0.1) is 0 Å². The Kier molecular flexibility index (Phi) is 4.12. The largest absolute Gasteiger partial charge is 0.331 e. The lowest BCUT2D eigenvalue weighted by atomic mass is 10.1. The highest BCUT2D eigenvalue weighted by Gasteiger charge is 2.04. The number of anilines is 1. The highest BCUT2D eigenvalue weighted by molar-refractivity contribution is 5.89. The first-order valence-corrected chi connectivity index (χ1v) is 6.15. The molecule has 0 saturated carbocycles. The molecule has 1 aromatic carbocycles. The van der Waals surface area contributed by atoms with Crippen molar-refractivity contribution in [3.05, 3.63) is 47.8 Å². The Labute approximate surface area is 106 Å². The van der Waals surface area contributed by atoms with Gasteiger partial charge >= 0.3 is 0 Å². The maximum atomic E-state index is 11.6. The number of aryl methyl sites for hydroxylation is 2. The monoisotopic (exact) mass is 243 g/mol. The lowest BCUT2D eigenvalue weighted by Gasteiger charge is -2.03. The van der Waals surface area contributed by atoms with Gasteiger partial charge in [0.15, 0.2) is 0 Å². The molecule has 2 N–H and O–H groups in total. The predicted octanol–water partition coefficient (Wildman–Crippen LogP) is 2.54. The van der Waals surface area contributed by atoms with Crippen molar-refractivity contribution >= 4 is 11.9 Å². The molecule has 0 bridgehead atoms. The Bertz CT molecular complexity index is 488. The topological polar surface area (TPSA) is 57.8 Å². The summed E-state index contributed by atoms with van der Waals surface area (Å²) in [5.41, 5.74) is 2.50. The molecule has 4 nitrogen and oxygen atoms in total. The van der Waals surface area contributed by atoms with Crippen LogP contribution in [-0.4, -0.2) is 15.9 Å². The molecule has 94 valence electrons. The van der Waals surface area contributed by atoms with Gasteiger partial charge in [0.2, 0.25) is 11.9 Å². The van der Waals surface area contributed by atoms with Crippen LogP contribution in [0.25, 0.3) is 0 Å². The zero-order valence-electron chi connectivity index (χ0n) is 10.4. The van der Waals surface area contributed by atoms with Gasteiger partial charge in [-0.2, -0.15) is 0 Å². The second-order valence-corrected chi connectivity index (χ2v) is 4.16. The molecule has 0 aliphatic carbocycles. The fraction of sp³-hybridized carbons (Fsp3) is 0.286. The van der Waals surface area contributed by atoms with Crippen LogP contribution in [-0.2, 0) is 17.6 Å². The van der Waals surface area contributed by atoms with E-state index in [9.17, 15) is 4.79 Å². The van der Waals surface area contributed by atoms with Crippen molar-refractivity contribution < 1.29 is 4.79 Å². The van der Waals surface area contributed by atoms with Crippen molar-refractivity contribution in [2.24, 2.45) is 0 Å². The summed E-state index contributed by atoms with van der Waals surface area (Å²) in [6.07, 6.45) is 5.54. The van der Waals surface area contributed by atoms with E-state index >= 15 is 0 Å². The zero-order valence-corrected chi connectivity index (χ0v) is 10.4. The van der Waals surface area contributed by atoms with Crippen LogP contribution in [0.5, 0.6) is 0 Å². The van der Waals surface area contributed by atoms with Crippen molar-refractivity contribution in [2.75, 3.05) is 5.32 Å². The molecule has 1 amide bonds. The molecule has 0 radical (unpaired) electrons. The minimum Gasteiger partial charge on any atom is -0.331 e. The lowest BCUT2D eigenvalue weighted by Crippen LogP contribution is -2.13. The first kappa shape index (κ1) is 12.4. The molecular formula is C14H17N3O. The van der Waals surface area contributed by atoms with Crippen LogP contribution >= 0.6 is 0 Å². The van der Waals surface area contributed by atoms with Gasteiger partial charge in [0.05, 0.1) is 0 Å². The number of aromatic nitrogens is 2. The number of rotatable bonds is 5. The molecule has 0 aliphatic heterocycles. The first-order chi connectivity index (χ1) is 8.78. The van der Waals surface area contributed by atoms with Crippen LogP contribution in [0.2, 0.25) is 0 Å². The van der Waals surface area contributed by atoms with Crippen LogP contribution in [0.4, 0.5) is 5.95 Å². The second-order valence-electron chi connectivity index (χ2n) is 4.16. The van der Waals surface area contributed by atoms with Gasteiger partial charge < -0.3 is 4.98 Å². The van der Waals surface area contributed by atoms with Crippen LogP contribution in [0.1, 0.15) is 24.5 Å². The number of benzene rings is 1. The standard InChI is InChI=1S/C14H17N3O/c1-2-11-3-5-12(6-4-11)7-8-13(18)17-14-15-9-10-16-14/h3-6,9-10H,2,7-8H2,1H3,(H2,15,16,17,18). The van der Waals surface area contributed by atoms with Crippen molar-refractivity contribution in [1.29, 1.82) is 0 Å². The van der Waals surface area contributed by atoms with Gasteiger partial charge in [-0.3, -0.25) is 10.1 Å². The van der Waals surface area contributed by atoms with E-state index in [4.69, 9.17) is 0 Å². The lowest BCUT2D eigenvalue weighted by molar-refractivity contribution is -0.116. The summed E-state index contributed by atoms with van der Waals surface area (Å²) < 4.78 is 0. The van der Waals surface area contributed by atoms with Crippen molar-refractivity contribution in [3.8, 4) is 0 Å². The van der Waals surface area contributed by atoms with Gasteiger partial charge in [-0.25, -0.2) is 4.98 Å². The molecule has 1 aromatic heterocycles. The van der Waals surface area contributed by atoms with E-state index < -0.39 is 0 Å². The summed E-state index contributed by atoms with van der Waals surface area (Å²) >= 11 is 0. The smallest absolute Gasteiger partial charge is 0.227 e. The zero-order chi connectivity index (χ0) is 12.8. The average molecular weight is 243 g/mol. The van der Waals surface area contributed by atoms with E-state index in [0.717, 1.165) is 12.8 Å². The van der Waals surface area contributed by atoms with E-state index in [-0.39, 0.29) is 5.91 Å². The van der Waals surface area contributed by atoms with E-state index in [1.165, 1.54) is 11.1 Å². The molecule has 2 aromatic rings. The highest BCUT2D eigenvalue weighted by atomic mass is 16.1. The average Bonchev–Trinajstić information content (AvgIpc) is 2.90.